The number of benzene rings is 2. The highest BCUT2D eigenvalue weighted by molar-refractivity contribution is 6.05. The fourth-order valence-electron chi connectivity index (χ4n) is 3.06. The molecule has 13 heteroatoms. The maximum atomic E-state index is 12.7. The van der Waals surface area contributed by atoms with E-state index in [4.69, 9.17) is 0 Å². The zero-order valence-electron chi connectivity index (χ0n) is 17.0. The van der Waals surface area contributed by atoms with E-state index < -0.39 is 29.3 Å². The summed E-state index contributed by atoms with van der Waals surface area (Å²) in [5, 5.41) is 15.2. The van der Waals surface area contributed by atoms with Gasteiger partial charge in [0.05, 0.1) is 36.6 Å². The minimum atomic E-state index is -4.44. The lowest BCUT2D eigenvalue weighted by atomic mass is 10.1. The molecule has 34 heavy (non-hydrogen) atoms. The molecule has 176 valence electrons. The predicted octanol–water partition coefficient (Wildman–Crippen LogP) is 4.23. The number of rotatable bonds is 6. The summed E-state index contributed by atoms with van der Waals surface area (Å²) < 4.78 is 78.6. The van der Waals surface area contributed by atoms with Gasteiger partial charge in [-0.3, -0.25) is 4.79 Å². The molecule has 0 radical (unpaired) electrons. The monoisotopic (exact) mass is 480 g/mol. The summed E-state index contributed by atoms with van der Waals surface area (Å²) in [6, 6.07) is 9.02. The second-order valence-corrected chi connectivity index (χ2v) is 7.32. The molecule has 0 atom stereocenters. The third-order valence-corrected chi connectivity index (χ3v) is 4.79. The Labute approximate surface area is 187 Å². The smallest absolute Gasteiger partial charge is 0.285 e. The van der Waals surface area contributed by atoms with Crippen LogP contribution in [0.1, 0.15) is 38.4 Å². The highest BCUT2D eigenvalue weighted by Gasteiger charge is 2.30. The summed E-state index contributed by atoms with van der Waals surface area (Å²) in [6.07, 6.45) is -6.21. The van der Waals surface area contributed by atoms with Crippen molar-refractivity contribution in [1.29, 1.82) is 0 Å². The number of carbonyl (C=O) groups excluding carboxylic acids is 1. The van der Waals surface area contributed by atoms with Crippen LogP contribution >= 0.6 is 0 Å². The summed E-state index contributed by atoms with van der Waals surface area (Å²) in [6.45, 7) is 0.193. The van der Waals surface area contributed by atoms with Gasteiger partial charge >= 0.3 is 12.4 Å². The van der Waals surface area contributed by atoms with Gasteiger partial charge in [-0.2, -0.15) is 26.3 Å². The number of hydrogen-bond donors (Lipinski definition) is 0. The van der Waals surface area contributed by atoms with Gasteiger partial charge in [-0.25, -0.2) is 9.36 Å². The lowest BCUT2D eigenvalue weighted by Gasteiger charge is -2.07. The van der Waals surface area contributed by atoms with Crippen LogP contribution in [-0.4, -0.2) is 35.8 Å². The van der Waals surface area contributed by atoms with Gasteiger partial charge in [0, 0.05) is 0 Å². The fourth-order valence-corrected chi connectivity index (χ4v) is 3.06. The Balaban J connectivity index is 1.40. The molecule has 7 nitrogen and oxygen atoms in total. The van der Waals surface area contributed by atoms with E-state index in [2.05, 4.69) is 20.6 Å². The van der Waals surface area contributed by atoms with Gasteiger partial charge in [-0.15, -0.1) is 10.2 Å². The summed E-state index contributed by atoms with van der Waals surface area (Å²) in [5.41, 5.74) is -0.587. The number of carbonyl (C=O) groups is 1. The molecule has 0 aliphatic carbocycles. The van der Waals surface area contributed by atoms with E-state index in [1.54, 1.807) is 0 Å². The first-order chi connectivity index (χ1) is 16.0. The minimum Gasteiger partial charge on any atom is -0.285 e. The molecule has 0 unspecified atom stereocenters. The first kappa shape index (κ1) is 23.1. The molecule has 4 rings (SSSR count). The Kier molecular flexibility index (Phi) is 5.94. The van der Waals surface area contributed by atoms with Gasteiger partial charge in [-0.1, -0.05) is 34.7 Å². The summed E-state index contributed by atoms with van der Waals surface area (Å²) in [5.74, 6) is -0.586. The van der Waals surface area contributed by atoms with E-state index >= 15 is 0 Å². The van der Waals surface area contributed by atoms with Crippen molar-refractivity contribution in [2.24, 2.45) is 0 Å². The summed E-state index contributed by atoms with van der Waals surface area (Å²) >= 11 is 0. The Morgan fingerprint density at radius 3 is 1.32 bits per heavy atom. The largest absolute Gasteiger partial charge is 0.416 e. The van der Waals surface area contributed by atoms with E-state index in [0.717, 1.165) is 24.3 Å². The Bertz CT molecular complexity index is 1190. The molecule has 0 N–H and O–H groups in total. The highest BCUT2D eigenvalue weighted by Crippen LogP contribution is 2.30. The van der Waals surface area contributed by atoms with Crippen LogP contribution in [0.5, 0.6) is 0 Å². The van der Waals surface area contributed by atoms with Crippen molar-refractivity contribution < 1.29 is 31.1 Å². The maximum absolute atomic E-state index is 12.7. The minimum absolute atomic E-state index is 0.0477. The topological polar surface area (TPSA) is 78.5 Å². The molecule has 0 fully saturated rings. The Hall–Kier alpha value is -4.03. The number of halogens is 6. The standard InChI is InChI=1S/C21H14F6N6O/c22-20(23,24)15-5-1-13(2-6-15)9-32-11-17(28-30-32)19(34)18-12-33(31-29-18)10-14-3-7-16(8-4-14)21(25,26)27/h1-8,11-12H,9-10H2. The van der Waals surface area contributed by atoms with Crippen molar-refractivity contribution >= 4 is 5.78 Å². The number of nitrogens with zero attached hydrogens (tertiary/aromatic N) is 6. The number of hydrogen-bond acceptors (Lipinski definition) is 5. The second-order valence-electron chi connectivity index (χ2n) is 7.32. The molecule has 2 aromatic heterocycles. The first-order valence-corrected chi connectivity index (χ1v) is 9.66. The molecule has 0 saturated carbocycles. The molecular formula is C21H14F6N6O. The molecule has 4 aromatic rings. The summed E-state index contributed by atoms with van der Waals surface area (Å²) in [4.78, 5) is 12.6. The van der Waals surface area contributed by atoms with Gasteiger partial charge < -0.3 is 0 Å². The van der Waals surface area contributed by atoms with Crippen LogP contribution in [0.3, 0.4) is 0 Å². The molecule has 2 aromatic carbocycles. The van der Waals surface area contributed by atoms with E-state index in [1.807, 2.05) is 0 Å². The van der Waals surface area contributed by atoms with Crippen molar-refractivity contribution in [2.75, 3.05) is 0 Å². The van der Waals surface area contributed by atoms with Gasteiger partial charge in [0.25, 0.3) is 0 Å². The van der Waals surface area contributed by atoms with Crippen LogP contribution in [0.2, 0.25) is 0 Å². The van der Waals surface area contributed by atoms with E-state index in [1.165, 1.54) is 46.0 Å². The van der Waals surface area contributed by atoms with Crippen LogP contribution in [0.15, 0.2) is 60.9 Å². The zero-order valence-corrected chi connectivity index (χ0v) is 17.0. The lowest BCUT2D eigenvalue weighted by molar-refractivity contribution is -0.138. The van der Waals surface area contributed by atoms with Crippen LogP contribution in [-0.2, 0) is 25.4 Å². The van der Waals surface area contributed by atoms with Crippen molar-refractivity contribution in [2.45, 2.75) is 25.4 Å². The Morgan fingerprint density at radius 1 is 0.647 bits per heavy atom. The van der Waals surface area contributed by atoms with Crippen molar-refractivity contribution in [3.05, 3.63) is 94.6 Å². The average Bonchev–Trinajstić information content (AvgIpc) is 3.43. The van der Waals surface area contributed by atoms with Gasteiger partial charge in [0.1, 0.15) is 0 Å². The quantitative estimate of drug-likeness (QED) is 0.305. The predicted molar refractivity (Wildman–Crippen MR) is 105 cm³/mol. The first-order valence-electron chi connectivity index (χ1n) is 9.66. The highest BCUT2D eigenvalue weighted by atomic mass is 19.4. The molecular weight excluding hydrogens is 466 g/mol. The van der Waals surface area contributed by atoms with Gasteiger partial charge in [0.15, 0.2) is 11.4 Å². The number of ketones is 1. The summed E-state index contributed by atoms with van der Waals surface area (Å²) in [7, 11) is 0. The van der Waals surface area contributed by atoms with E-state index in [9.17, 15) is 31.1 Å². The number of alkyl halides is 6. The van der Waals surface area contributed by atoms with E-state index in [0.29, 0.717) is 11.1 Å². The number of aromatic nitrogens is 6. The molecule has 2 heterocycles. The SMILES string of the molecule is O=C(c1cn(Cc2ccc(C(F)(F)F)cc2)nn1)c1cn(Cc2ccc(C(F)(F)F)cc2)nn1. The van der Waals surface area contributed by atoms with Crippen LogP contribution in [0, 0.1) is 0 Å². The van der Waals surface area contributed by atoms with Crippen molar-refractivity contribution in [3.8, 4) is 0 Å². The Morgan fingerprint density at radius 2 is 1.00 bits per heavy atom. The van der Waals surface area contributed by atoms with Crippen LogP contribution in [0.25, 0.3) is 0 Å². The second kappa shape index (κ2) is 8.72. The van der Waals surface area contributed by atoms with Gasteiger partial charge in [-0.05, 0) is 35.4 Å². The van der Waals surface area contributed by atoms with Crippen LogP contribution in [0.4, 0.5) is 26.3 Å². The maximum Gasteiger partial charge on any atom is 0.416 e. The van der Waals surface area contributed by atoms with Gasteiger partial charge in [0.2, 0.25) is 5.78 Å². The molecule has 0 aliphatic rings. The molecule has 0 saturated heterocycles. The van der Waals surface area contributed by atoms with Crippen molar-refractivity contribution in [1.82, 2.24) is 30.0 Å². The third kappa shape index (κ3) is 5.30. The third-order valence-electron chi connectivity index (χ3n) is 4.79. The molecule has 0 spiro atoms. The fraction of sp³-hybridized carbons (Fsp3) is 0.190. The molecule has 0 aliphatic heterocycles. The van der Waals surface area contributed by atoms with Crippen LogP contribution < -0.4 is 0 Å². The molecule has 0 amide bonds. The van der Waals surface area contributed by atoms with E-state index in [-0.39, 0.29) is 24.5 Å². The lowest BCUT2D eigenvalue weighted by Crippen LogP contribution is -2.06. The van der Waals surface area contributed by atoms with Crippen molar-refractivity contribution in [3.63, 3.8) is 0 Å². The average molecular weight is 480 g/mol. The normalized spacial score (nSPS) is 12.2. The molecule has 0 bridgehead atoms. The zero-order chi connectivity index (χ0) is 24.5.